The Bertz CT molecular complexity index is 884. The highest BCUT2D eigenvalue weighted by atomic mass is 35.5. The second kappa shape index (κ2) is 9.71. The van der Waals surface area contributed by atoms with Crippen LogP contribution in [0.2, 0.25) is 5.02 Å². The van der Waals surface area contributed by atoms with E-state index in [0.29, 0.717) is 17.1 Å². The molecule has 1 aliphatic rings. The number of hydrogen-bond acceptors (Lipinski definition) is 3. The number of rotatable bonds is 6. The monoisotopic (exact) mass is 439 g/mol. The fourth-order valence-electron chi connectivity index (χ4n) is 3.46. The van der Waals surface area contributed by atoms with Gasteiger partial charge in [0, 0.05) is 6.54 Å². The maximum Gasteiger partial charge on any atom is 0.408 e. The Kier molecular flexibility index (Phi) is 7.26. The third-order valence-corrected chi connectivity index (χ3v) is 5.52. The van der Waals surface area contributed by atoms with Crippen molar-refractivity contribution in [3.8, 4) is 0 Å². The van der Waals surface area contributed by atoms with Crippen molar-refractivity contribution in [2.45, 2.75) is 44.9 Å². The fourth-order valence-corrected chi connectivity index (χ4v) is 3.70. The molecule has 1 aliphatic heterocycles. The molecule has 0 spiro atoms. The highest BCUT2D eigenvalue weighted by Crippen LogP contribution is 2.31. The quantitative estimate of drug-likeness (QED) is 0.630. The number of benzene rings is 2. The van der Waals surface area contributed by atoms with Gasteiger partial charge in [-0.25, -0.2) is 0 Å². The highest BCUT2D eigenvalue weighted by Gasteiger charge is 2.36. The summed E-state index contributed by atoms with van der Waals surface area (Å²) in [4.78, 5) is 11.8. The van der Waals surface area contributed by atoms with Gasteiger partial charge in [-0.15, -0.1) is 0 Å². The number of alkyl halides is 3. The Labute approximate surface area is 179 Å². The molecule has 0 fully saturated rings. The highest BCUT2D eigenvalue weighted by molar-refractivity contribution is 6.33. The smallest absolute Gasteiger partial charge is 0.380 e. The minimum absolute atomic E-state index is 0.0981. The van der Waals surface area contributed by atoms with Gasteiger partial charge in [0.25, 0.3) is 0 Å². The molecule has 30 heavy (non-hydrogen) atoms. The number of anilines is 1. The molecule has 1 atom stereocenters. The average Bonchev–Trinajstić information content (AvgIpc) is 2.93. The molecular formula is C22H25ClF3N3O. The summed E-state index contributed by atoms with van der Waals surface area (Å²) in [5.41, 5.74) is 5.12. The van der Waals surface area contributed by atoms with E-state index in [1.807, 2.05) is 23.5 Å². The molecule has 0 saturated carbocycles. The van der Waals surface area contributed by atoms with Crippen LogP contribution in [-0.2, 0) is 30.6 Å². The normalized spacial score (nSPS) is 15.1. The number of nitrogens with one attached hydrogen (secondary N) is 3. The van der Waals surface area contributed by atoms with E-state index < -0.39 is 18.1 Å². The van der Waals surface area contributed by atoms with Gasteiger partial charge in [0.1, 0.15) is 6.04 Å². The van der Waals surface area contributed by atoms with E-state index in [1.165, 1.54) is 11.1 Å². The van der Waals surface area contributed by atoms with Crippen LogP contribution in [0.5, 0.6) is 0 Å². The predicted octanol–water partition coefficient (Wildman–Crippen LogP) is 4.25. The molecular weight excluding hydrogens is 415 g/mol. The first kappa shape index (κ1) is 22.4. The van der Waals surface area contributed by atoms with Gasteiger partial charge in [0.2, 0.25) is 5.91 Å². The molecule has 0 aliphatic carbocycles. The predicted molar refractivity (Wildman–Crippen MR) is 113 cm³/mol. The number of halogens is 4. The molecule has 1 heterocycles. The van der Waals surface area contributed by atoms with Crippen LogP contribution in [-0.4, -0.2) is 31.2 Å². The van der Waals surface area contributed by atoms with Gasteiger partial charge < -0.3 is 16.0 Å². The topological polar surface area (TPSA) is 53.2 Å². The molecule has 0 aromatic heterocycles. The number of carbonyl (C=O) groups excluding carboxylic acids is 1. The first-order chi connectivity index (χ1) is 14.2. The van der Waals surface area contributed by atoms with E-state index in [2.05, 4.69) is 16.7 Å². The molecule has 3 N–H and O–H groups in total. The molecule has 2 aromatic rings. The molecule has 2 aromatic carbocycles. The molecule has 8 heteroatoms. The van der Waals surface area contributed by atoms with E-state index in [9.17, 15) is 18.0 Å². The Morgan fingerprint density at radius 3 is 2.47 bits per heavy atom. The third kappa shape index (κ3) is 5.89. The van der Waals surface area contributed by atoms with Crippen LogP contribution in [0.25, 0.3) is 0 Å². The first-order valence-corrected chi connectivity index (χ1v) is 10.3. The molecule has 0 bridgehead atoms. The molecule has 1 amide bonds. The van der Waals surface area contributed by atoms with Crippen molar-refractivity contribution >= 4 is 23.2 Å². The summed E-state index contributed by atoms with van der Waals surface area (Å²) in [5, 5.41) is 9.47. The van der Waals surface area contributed by atoms with Gasteiger partial charge in [0.15, 0.2) is 0 Å². The van der Waals surface area contributed by atoms with Crippen LogP contribution < -0.4 is 16.0 Å². The van der Waals surface area contributed by atoms with Crippen molar-refractivity contribution in [1.82, 2.24) is 10.6 Å². The van der Waals surface area contributed by atoms with Crippen LogP contribution in [0.4, 0.5) is 18.9 Å². The van der Waals surface area contributed by atoms with Gasteiger partial charge in [-0.2, -0.15) is 13.2 Å². The average molecular weight is 440 g/mol. The fraction of sp³-hybridized carbons (Fsp3) is 0.409. The van der Waals surface area contributed by atoms with Crippen molar-refractivity contribution in [3.05, 3.63) is 63.7 Å². The lowest BCUT2D eigenvalue weighted by atomic mass is 10.0. The Balaban J connectivity index is 1.60. The van der Waals surface area contributed by atoms with Crippen molar-refractivity contribution in [2.24, 2.45) is 0 Å². The third-order valence-electron chi connectivity index (χ3n) is 5.21. The first-order valence-electron chi connectivity index (χ1n) is 9.93. The Morgan fingerprint density at radius 2 is 1.77 bits per heavy atom. The zero-order chi connectivity index (χ0) is 21.7. The summed E-state index contributed by atoms with van der Waals surface area (Å²) in [6.07, 6.45) is -2.68. The largest absolute Gasteiger partial charge is 0.408 e. The van der Waals surface area contributed by atoms with Gasteiger partial charge in [-0.05, 0) is 61.2 Å². The molecule has 0 saturated heterocycles. The van der Waals surface area contributed by atoms with Gasteiger partial charge in [-0.3, -0.25) is 4.79 Å². The van der Waals surface area contributed by atoms with Crippen LogP contribution >= 0.6 is 11.6 Å². The van der Waals surface area contributed by atoms with Gasteiger partial charge in [-0.1, -0.05) is 41.9 Å². The summed E-state index contributed by atoms with van der Waals surface area (Å²) < 4.78 is 37.6. The second-order valence-corrected chi connectivity index (χ2v) is 7.89. The summed E-state index contributed by atoms with van der Waals surface area (Å²) in [7, 11) is 0. The van der Waals surface area contributed by atoms with Crippen LogP contribution in [0, 0.1) is 0 Å². The standard InChI is InChI=1S/C22H25ClF3N3O/c1-14(22(24,25)26)29-20(30)12-15-2-4-16(5-3-15)13-28-21-18-9-11-27-10-8-17(18)6-7-19(21)23/h2-7,14,27-28H,8-13H2,1H3,(H,29,30)/t14-/m1/s1. The van der Waals surface area contributed by atoms with E-state index in [0.717, 1.165) is 44.1 Å². The second-order valence-electron chi connectivity index (χ2n) is 7.49. The maximum atomic E-state index is 12.5. The molecule has 3 rings (SSSR count). The minimum Gasteiger partial charge on any atom is -0.380 e. The number of carbonyl (C=O) groups is 1. The number of amides is 1. The van der Waals surface area contributed by atoms with Gasteiger partial charge >= 0.3 is 6.18 Å². The van der Waals surface area contributed by atoms with Crippen LogP contribution in [0.1, 0.15) is 29.2 Å². The van der Waals surface area contributed by atoms with Gasteiger partial charge in [0.05, 0.1) is 17.1 Å². The van der Waals surface area contributed by atoms with Crippen LogP contribution in [0.15, 0.2) is 36.4 Å². The van der Waals surface area contributed by atoms with E-state index in [-0.39, 0.29) is 6.42 Å². The summed E-state index contributed by atoms with van der Waals surface area (Å²) in [6, 6.07) is 9.36. The summed E-state index contributed by atoms with van der Waals surface area (Å²) in [6.45, 7) is 3.34. The maximum absolute atomic E-state index is 12.5. The molecule has 0 radical (unpaired) electrons. The van der Waals surface area contributed by atoms with Crippen LogP contribution in [0.3, 0.4) is 0 Å². The van der Waals surface area contributed by atoms with Crippen molar-refractivity contribution < 1.29 is 18.0 Å². The SMILES string of the molecule is C[C@@H](NC(=O)Cc1ccc(CNc2c(Cl)ccc3c2CCNCC3)cc1)C(F)(F)F. The zero-order valence-electron chi connectivity index (χ0n) is 16.7. The van der Waals surface area contributed by atoms with E-state index >= 15 is 0 Å². The van der Waals surface area contributed by atoms with Crippen molar-refractivity contribution in [2.75, 3.05) is 18.4 Å². The van der Waals surface area contributed by atoms with Crippen molar-refractivity contribution in [3.63, 3.8) is 0 Å². The molecule has 4 nitrogen and oxygen atoms in total. The summed E-state index contributed by atoms with van der Waals surface area (Å²) in [5.74, 6) is -0.655. The molecule has 162 valence electrons. The molecule has 0 unspecified atom stereocenters. The number of hydrogen-bond donors (Lipinski definition) is 3. The summed E-state index contributed by atoms with van der Waals surface area (Å²) >= 11 is 6.43. The number of fused-ring (bicyclic) bond motifs is 1. The minimum atomic E-state index is -4.45. The van der Waals surface area contributed by atoms with E-state index in [1.54, 1.807) is 12.1 Å². The van der Waals surface area contributed by atoms with E-state index in [4.69, 9.17) is 11.6 Å². The lowest BCUT2D eigenvalue weighted by Gasteiger charge is -2.17. The lowest BCUT2D eigenvalue weighted by molar-refractivity contribution is -0.157. The Morgan fingerprint density at radius 1 is 1.10 bits per heavy atom. The Hall–Kier alpha value is -2.25. The lowest BCUT2D eigenvalue weighted by Crippen LogP contribution is -2.43. The van der Waals surface area contributed by atoms with Crippen molar-refractivity contribution in [1.29, 1.82) is 0 Å². The zero-order valence-corrected chi connectivity index (χ0v) is 17.5.